The molecule has 1 saturated heterocycles. The maximum atomic E-state index is 12.8. The summed E-state index contributed by atoms with van der Waals surface area (Å²) < 4.78 is 0. The van der Waals surface area contributed by atoms with Gasteiger partial charge >= 0.3 is 6.03 Å². The second-order valence-corrected chi connectivity index (χ2v) is 9.79. The lowest BCUT2D eigenvalue weighted by atomic mass is 10.2. The Bertz CT molecular complexity index is 1320. The molecule has 0 saturated carbocycles. The molecule has 0 spiro atoms. The minimum atomic E-state index is -0.305. The lowest BCUT2D eigenvalue weighted by Gasteiger charge is -2.36. The monoisotopic (exact) mass is 545 g/mol. The number of piperazine rings is 1. The summed E-state index contributed by atoms with van der Waals surface area (Å²) in [4.78, 5) is 43.6. The first-order valence-electron chi connectivity index (χ1n) is 12.8. The molecule has 1 heterocycles. The third kappa shape index (κ3) is 7.61. The molecule has 4 rings (SSSR count). The molecule has 202 valence electrons. The predicted molar refractivity (Wildman–Crippen MR) is 157 cm³/mol. The lowest BCUT2D eigenvalue weighted by molar-refractivity contribution is -0.116. The molecule has 8 nitrogen and oxygen atoms in total. The minimum Gasteiger partial charge on any atom is -0.368 e. The molecule has 1 fully saturated rings. The van der Waals surface area contributed by atoms with Crippen molar-refractivity contribution in [2.24, 2.45) is 0 Å². The van der Waals surface area contributed by atoms with Gasteiger partial charge in [-0.05, 0) is 73.2 Å². The molecule has 0 aliphatic carbocycles. The van der Waals surface area contributed by atoms with E-state index in [1.54, 1.807) is 30.3 Å². The molecule has 3 aromatic rings. The maximum Gasteiger partial charge on any atom is 0.321 e. The van der Waals surface area contributed by atoms with E-state index in [1.165, 1.54) is 4.90 Å². The average Bonchev–Trinajstić information content (AvgIpc) is 2.93. The molecule has 0 unspecified atom stereocenters. The molecule has 0 atom stereocenters. The molecule has 3 aromatic carbocycles. The zero-order valence-electron chi connectivity index (χ0n) is 21.9. The summed E-state index contributed by atoms with van der Waals surface area (Å²) in [5.41, 5.74) is 3.99. The summed E-state index contributed by atoms with van der Waals surface area (Å²) in [5.74, 6) is -0.580. The first-order valence-corrected chi connectivity index (χ1v) is 13.1. The molecular formula is C30H32ClN5O3. The molecule has 39 heavy (non-hydrogen) atoms. The Balaban J connectivity index is 1.27. The number of nitrogens with one attached hydrogen (secondary N) is 2. The number of carbonyl (C=O) groups is 3. The summed E-state index contributed by atoms with van der Waals surface area (Å²) in [6.07, 6.45) is 1.59. The van der Waals surface area contributed by atoms with Gasteiger partial charge in [0.2, 0.25) is 5.91 Å². The number of amides is 4. The van der Waals surface area contributed by atoms with Crippen LogP contribution in [0.5, 0.6) is 0 Å². The van der Waals surface area contributed by atoms with E-state index in [9.17, 15) is 14.4 Å². The second-order valence-electron chi connectivity index (χ2n) is 9.35. The number of benzene rings is 3. The van der Waals surface area contributed by atoms with Crippen LogP contribution in [0.2, 0.25) is 5.02 Å². The minimum absolute atomic E-state index is 0.0987. The van der Waals surface area contributed by atoms with Gasteiger partial charge in [-0.2, -0.15) is 0 Å². The van der Waals surface area contributed by atoms with E-state index in [0.717, 1.165) is 16.9 Å². The Labute approximate surface area is 233 Å². The topological polar surface area (TPSA) is 85.0 Å². The van der Waals surface area contributed by atoms with Crippen LogP contribution in [0.1, 0.15) is 15.9 Å². The van der Waals surface area contributed by atoms with Gasteiger partial charge in [0.1, 0.15) is 6.54 Å². The van der Waals surface area contributed by atoms with Gasteiger partial charge < -0.3 is 25.3 Å². The summed E-state index contributed by atoms with van der Waals surface area (Å²) in [6.45, 7) is 8.44. The molecule has 2 N–H and O–H groups in total. The van der Waals surface area contributed by atoms with Crippen molar-refractivity contribution in [3.63, 3.8) is 0 Å². The molecular weight excluding hydrogens is 514 g/mol. The number of carbonyl (C=O) groups excluding carboxylic acids is 3. The fourth-order valence-corrected chi connectivity index (χ4v) is 4.50. The highest BCUT2D eigenvalue weighted by Crippen LogP contribution is 2.20. The summed E-state index contributed by atoms with van der Waals surface area (Å²) in [5, 5.41) is 6.36. The smallest absolute Gasteiger partial charge is 0.321 e. The van der Waals surface area contributed by atoms with Crippen molar-refractivity contribution in [2.45, 2.75) is 6.92 Å². The number of hydrogen-bond donors (Lipinski definition) is 2. The Morgan fingerprint density at radius 2 is 1.62 bits per heavy atom. The number of urea groups is 1. The fourth-order valence-electron chi connectivity index (χ4n) is 4.37. The standard InChI is InChI=1S/C30H32ClN5O3/c1-3-15-36(29(38)23-7-9-24(31)10-8-23)21-28(37)32-25-11-13-27(14-12-25)34-16-18-35(19-17-34)30(39)33-26-6-4-5-22(2)20-26/h3-14,20H,1,15-19,21H2,2H3,(H,32,37)(H,33,39). The van der Waals surface area contributed by atoms with Crippen LogP contribution in [-0.4, -0.2) is 66.9 Å². The average molecular weight is 546 g/mol. The van der Waals surface area contributed by atoms with Crippen LogP contribution in [0.15, 0.2) is 85.5 Å². The number of aryl methyl sites for hydroxylation is 1. The van der Waals surface area contributed by atoms with Gasteiger partial charge in [-0.15, -0.1) is 6.58 Å². The van der Waals surface area contributed by atoms with Crippen molar-refractivity contribution in [1.29, 1.82) is 0 Å². The number of halogens is 1. The lowest BCUT2D eigenvalue weighted by Crippen LogP contribution is -2.50. The predicted octanol–water partition coefficient (Wildman–Crippen LogP) is 5.27. The van der Waals surface area contributed by atoms with Crippen molar-refractivity contribution in [2.75, 3.05) is 54.8 Å². The van der Waals surface area contributed by atoms with Crippen molar-refractivity contribution < 1.29 is 14.4 Å². The van der Waals surface area contributed by atoms with E-state index >= 15 is 0 Å². The van der Waals surface area contributed by atoms with Gasteiger partial charge in [-0.3, -0.25) is 9.59 Å². The summed E-state index contributed by atoms with van der Waals surface area (Å²) >= 11 is 5.92. The van der Waals surface area contributed by atoms with Crippen LogP contribution in [-0.2, 0) is 4.79 Å². The highest BCUT2D eigenvalue weighted by molar-refractivity contribution is 6.30. The Morgan fingerprint density at radius 1 is 0.923 bits per heavy atom. The van der Waals surface area contributed by atoms with Crippen molar-refractivity contribution in [1.82, 2.24) is 9.80 Å². The Morgan fingerprint density at radius 3 is 2.26 bits per heavy atom. The largest absolute Gasteiger partial charge is 0.368 e. The molecule has 9 heteroatoms. The van der Waals surface area contributed by atoms with E-state index in [1.807, 2.05) is 60.4 Å². The van der Waals surface area contributed by atoms with Crippen LogP contribution in [0, 0.1) is 6.92 Å². The van der Waals surface area contributed by atoms with Crippen molar-refractivity contribution in [3.05, 3.63) is 102 Å². The first-order chi connectivity index (χ1) is 18.8. The normalized spacial score (nSPS) is 13.0. The van der Waals surface area contributed by atoms with Gasteiger partial charge in [-0.1, -0.05) is 29.8 Å². The van der Waals surface area contributed by atoms with Crippen LogP contribution >= 0.6 is 11.6 Å². The zero-order valence-corrected chi connectivity index (χ0v) is 22.7. The van der Waals surface area contributed by atoms with Crippen molar-refractivity contribution >= 4 is 46.5 Å². The van der Waals surface area contributed by atoms with Gasteiger partial charge in [0.25, 0.3) is 5.91 Å². The van der Waals surface area contributed by atoms with Gasteiger partial charge in [0.15, 0.2) is 0 Å². The van der Waals surface area contributed by atoms with Gasteiger partial charge in [-0.25, -0.2) is 4.79 Å². The highest BCUT2D eigenvalue weighted by Gasteiger charge is 2.22. The Kier molecular flexibility index (Phi) is 9.22. The SMILES string of the molecule is C=CCN(CC(=O)Nc1ccc(N2CCN(C(=O)Nc3cccc(C)c3)CC2)cc1)C(=O)c1ccc(Cl)cc1. The number of nitrogens with zero attached hydrogens (tertiary/aromatic N) is 3. The number of hydrogen-bond acceptors (Lipinski definition) is 4. The van der Waals surface area contributed by atoms with Crippen LogP contribution in [0.25, 0.3) is 0 Å². The molecule has 1 aliphatic rings. The maximum absolute atomic E-state index is 12.8. The third-order valence-corrected chi connectivity index (χ3v) is 6.67. The zero-order chi connectivity index (χ0) is 27.8. The van der Waals surface area contributed by atoms with E-state index in [4.69, 9.17) is 11.6 Å². The van der Waals surface area contributed by atoms with Gasteiger partial charge in [0, 0.05) is 60.4 Å². The molecule has 0 aromatic heterocycles. The van der Waals surface area contributed by atoms with Crippen molar-refractivity contribution in [3.8, 4) is 0 Å². The van der Waals surface area contributed by atoms with Crippen LogP contribution in [0.3, 0.4) is 0 Å². The number of rotatable bonds is 8. The summed E-state index contributed by atoms with van der Waals surface area (Å²) in [7, 11) is 0. The number of anilines is 3. The quantitative estimate of drug-likeness (QED) is 0.378. The van der Waals surface area contributed by atoms with E-state index < -0.39 is 0 Å². The summed E-state index contributed by atoms with van der Waals surface area (Å²) in [6, 6.07) is 21.8. The van der Waals surface area contributed by atoms with E-state index in [2.05, 4.69) is 22.1 Å². The third-order valence-electron chi connectivity index (χ3n) is 6.41. The van der Waals surface area contributed by atoms with Crippen LogP contribution in [0.4, 0.5) is 21.9 Å². The van der Waals surface area contributed by atoms with E-state index in [-0.39, 0.29) is 30.9 Å². The highest BCUT2D eigenvalue weighted by atomic mass is 35.5. The second kappa shape index (κ2) is 13.0. The molecule has 0 bridgehead atoms. The fraction of sp³-hybridized carbons (Fsp3) is 0.233. The molecule has 1 aliphatic heterocycles. The first kappa shape index (κ1) is 27.7. The van der Waals surface area contributed by atoms with Gasteiger partial charge in [0.05, 0.1) is 0 Å². The molecule has 4 amide bonds. The molecule has 0 radical (unpaired) electrons. The van der Waals surface area contributed by atoms with Crippen LogP contribution < -0.4 is 15.5 Å². The Hall–Kier alpha value is -4.30. The van der Waals surface area contributed by atoms with E-state index in [0.29, 0.717) is 42.5 Å².